The molecule has 112 valence electrons. The van der Waals surface area contributed by atoms with Crippen LogP contribution in [-0.4, -0.2) is 28.3 Å². The molecule has 1 aromatic carbocycles. The Morgan fingerprint density at radius 3 is 2.52 bits per heavy atom. The smallest absolute Gasteiger partial charge is 0.345 e. The summed E-state index contributed by atoms with van der Waals surface area (Å²) in [4.78, 5) is 11.3. The van der Waals surface area contributed by atoms with Gasteiger partial charge in [0.2, 0.25) is 5.60 Å². The molecule has 2 rings (SSSR count). The maximum absolute atomic E-state index is 13.3. The molecule has 0 amide bonds. The Bertz CT molecular complexity index is 639. The van der Waals surface area contributed by atoms with Crippen LogP contribution in [0.25, 0.3) is 0 Å². The number of carbonyl (C=O) groups is 1. The van der Waals surface area contributed by atoms with Crippen molar-refractivity contribution in [1.29, 1.82) is 0 Å². The third-order valence-electron chi connectivity index (χ3n) is 3.15. The van der Waals surface area contributed by atoms with Crippen molar-refractivity contribution in [3.63, 3.8) is 0 Å². The van der Waals surface area contributed by atoms with Gasteiger partial charge in [0, 0.05) is 5.56 Å². The van der Waals surface area contributed by atoms with Crippen LogP contribution in [0, 0.1) is 5.82 Å². The van der Waals surface area contributed by atoms with Gasteiger partial charge < -0.3 is 10.2 Å². The van der Waals surface area contributed by atoms with Gasteiger partial charge in [0.25, 0.3) is 0 Å². The van der Waals surface area contributed by atoms with Crippen LogP contribution in [0.3, 0.4) is 0 Å². The van der Waals surface area contributed by atoms with Gasteiger partial charge in [0.15, 0.2) is 6.17 Å². The molecule has 0 fully saturated rings. The fourth-order valence-corrected chi connectivity index (χ4v) is 1.99. The van der Waals surface area contributed by atoms with Crippen LogP contribution in [0.15, 0.2) is 48.1 Å². The molecule has 0 spiro atoms. The zero-order valence-corrected chi connectivity index (χ0v) is 10.4. The molecule has 2 atom stereocenters. The van der Waals surface area contributed by atoms with Gasteiger partial charge in [-0.1, -0.05) is 18.2 Å². The van der Waals surface area contributed by atoms with Gasteiger partial charge in [-0.05, 0) is 29.9 Å². The van der Waals surface area contributed by atoms with Crippen molar-refractivity contribution in [2.24, 2.45) is 0 Å². The molecule has 2 unspecified atom stereocenters. The van der Waals surface area contributed by atoms with E-state index in [-0.39, 0.29) is 6.08 Å². The number of rotatable bonds is 3. The maximum atomic E-state index is 13.3. The predicted octanol–water partition coefficient (Wildman–Crippen LogP) is 2.57. The number of alkyl halides is 3. The highest BCUT2D eigenvalue weighted by Crippen LogP contribution is 2.38. The Morgan fingerprint density at radius 2 is 2.00 bits per heavy atom. The Labute approximate surface area is 116 Å². The first-order valence-electron chi connectivity index (χ1n) is 5.83. The molecule has 0 saturated heterocycles. The fraction of sp³-hybridized carbons (Fsp3) is 0.214. The van der Waals surface area contributed by atoms with Crippen LogP contribution in [0.2, 0.25) is 0 Å². The predicted molar refractivity (Wildman–Crippen MR) is 65.0 cm³/mol. The summed E-state index contributed by atoms with van der Waals surface area (Å²) >= 11 is 0. The van der Waals surface area contributed by atoms with Gasteiger partial charge in [0.05, 0.1) is 0 Å². The zero-order valence-electron chi connectivity index (χ0n) is 10.4. The van der Waals surface area contributed by atoms with E-state index in [0.29, 0.717) is 12.2 Å². The fourth-order valence-electron chi connectivity index (χ4n) is 1.99. The first kappa shape index (κ1) is 15.2. The highest BCUT2D eigenvalue weighted by atomic mass is 19.3. The summed E-state index contributed by atoms with van der Waals surface area (Å²) in [6, 6.07) is 4.00. The summed E-state index contributed by atoms with van der Waals surface area (Å²) in [6.45, 7) is 0. The van der Waals surface area contributed by atoms with Crippen LogP contribution in [0.1, 0.15) is 5.56 Å². The Balaban J connectivity index is 2.55. The maximum Gasteiger partial charge on any atom is 0.345 e. The van der Waals surface area contributed by atoms with Crippen molar-refractivity contribution < 1.29 is 32.6 Å². The quantitative estimate of drug-likeness (QED) is 0.844. The number of aliphatic hydroxyl groups is 1. The Morgan fingerprint density at radius 1 is 1.33 bits per heavy atom. The second-order valence-electron chi connectivity index (χ2n) is 4.56. The number of aliphatic carboxylic acids is 1. The van der Waals surface area contributed by atoms with Crippen molar-refractivity contribution in [2.45, 2.75) is 17.7 Å². The molecule has 0 aliphatic heterocycles. The molecule has 7 heteroatoms. The normalized spacial score (nSPS) is 23.3. The Kier molecular flexibility index (Phi) is 3.63. The number of carboxylic acid groups (broad SMARTS) is 1. The summed E-state index contributed by atoms with van der Waals surface area (Å²) in [5.41, 5.74) is -3.82. The SMILES string of the molecule is O=C(O)C(O)(C1=CC(F)C(F)(F)C=C1)c1cccc(F)c1. The molecule has 1 aromatic rings. The monoisotopic (exact) mass is 302 g/mol. The molecule has 1 aliphatic carbocycles. The lowest BCUT2D eigenvalue weighted by molar-refractivity contribution is -0.155. The molecular formula is C14H10F4O3. The van der Waals surface area contributed by atoms with Crippen molar-refractivity contribution in [3.8, 4) is 0 Å². The van der Waals surface area contributed by atoms with Gasteiger partial charge in [-0.3, -0.25) is 0 Å². The summed E-state index contributed by atoms with van der Waals surface area (Å²) in [5, 5.41) is 19.5. The summed E-state index contributed by atoms with van der Waals surface area (Å²) in [5.74, 6) is -6.44. The number of hydrogen-bond acceptors (Lipinski definition) is 2. The van der Waals surface area contributed by atoms with E-state index in [1.807, 2.05) is 0 Å². The first-order valence-corrected chi connectivity index (χ1v) is 5.83. The highest BCUT2D eigenvalue weighted by Gasteiger charge is 2.46. The lowest BCUT2D eigenvalue weighted by Gasteiger charge is -2.29. The van der Waals surface area contributed by atoms with Crippen LogP contribution < -0.4 is 0 Å². The molecule has 0 bridgehead atoms. The molecule has 2 N–H and O–H groups in total. The number of carboxylic acids is 1. The second-order valence-corrected chi connectivity index (χ2v) is 4.56. The van der Waals surface area contributed by atoms with E-state index in [9.17, 15) is 32.6 Å². The number of allylic oxidation sites excluding steroid dienone is 2. The Hall–Kier alpha value is -2.15. The van der Waals surface area contributed by atoms with E-state index in [4.69, 9.17) is 0 Å². The van der Waals surface area contributed by atoms with Crippen LogP contribution >= 0.6 is 0 Å². The van der Waals surface area contributed by atoms with E-state index in [2.05, 4.69) is 0 Å². The number of halogens is 4. The van der Waals surface area contributed by atoms with Gasteiger partial charge in [-0.2, -0.15) is 8.78 Å². The summed E-state index contributed by atoms with van der Waals surface area (Å²) in [7, 11) is 0. The number of hydrogen-bond donors (Lipinski definition) is 2. The molecule has 0 heterocycles. The molecule has 0 aromatic heterocycles. The molecule has 0 radical (unpaired) electrons. The third-order valence-corrected chi connectivity index (χ3v) is 3.15. The van der Waals surface area contributed by atoms with E-state index in [1.54, 1.807) is 0 Å². The summed E-state index contributed by atoms with van der Waals surface area (Å²) < 4.78 is 52.6. The van der Waals surface area contributed by atoms with Crippen LogP contribution in [0.4, 0.5) is 17.6 Å². The molecule has 21 heavy (non-hydrogen) atoms. The number of benzene rings is 1. The van der Waals surface area contributed by atoms with E-state index < -0.39 is 40.6 Å². The highest BCUT2D eigenvalue weighted by molar-refractivity contribution is 5.84. The summed E-state index contributed by atoms with van der Waals surface area (Å²) in [6.07, 6.45) is -1.68. The average molecular weight is 302 g/mol. The van der Waals surface area contributed by atoms with Gasteiger partial charge in [-0.25, -0.2) is 13.6 Å². The van der Waals surface area contributed by atoms with Crippen LogP contribution in [-0.2, 0) is 10.4 Å². The molecular weight excluding hydrogens is 292 g/mol. The minimum absolute atomic E-state index is 0.167. The van der Waals surface area contributed by atoms with Gasteiger partial charge >= 0.3 is 11.9 Å². The van der Waals surface area contributed by atoms with E-state index in [1.165, 1.54) is 0 Å². The second kappa shape index (κ2) is 5.00. The lowest BCUT2D eigenvalue weighted by atomic mass is 9.82. The van der Waals surface area contributed by atoms with Crippen molar-refractivity contribution in [1.82, 2.24) is 0 Å². The minimum Gasteiger partial charge on any atom is -0.479 e. The molecule has 3 nitrogen and oxygen atoms in total. The van der Waals surface area contributed by atoms with Crippen molar-refractivity contribution >= 4 is 5.97 Å². The lowest BCUT2D eigenvalue weighted by Crippen LogP contribution is -2.40. The van der Waals surface area contributed by atoms with Gasteiger partial charge in [0.1, 0.15) is 5.82 Å². The first-order chi connectivity index (χ1) is 9.68. The minimum atomic E-state index is -3.79. The van der Waals surface area contributed by atoms with Crippen molar-refractivity contribution in [2.75, 3.05) is 0 Å². The average Bonchev–Trinajstić information content (AvgIpc) is 2.40. The molecule has 0 saturated carbocycles. The topological polar surface area (TPSA) is 57.5 Å². The standard InChI is InChI=1S/C14H10F4O3/c15-10-3-1-2-8(6-10)14(21,12(19)20)9-4-5-13(17,18)11(16)7-9/h1-7,11,21H,(H,19,20). The van der Waals surface area contributed by atoms with E-state index >= 15 is 0 Å². The van der Waals surface area contributed by atoms with Gasteiger partial charge in [-0.15, -0.1) is 0 Å². The largest absolute Gasteiger partial charge is 0.479 e. The zero-order chi connectivity index (χ0) is 15.8. The third kappa shape index (κ3) is 2.56. The van der Waals surface area contributed by atoms with Crippen molar-refractivity contribution in [3.05, 3.63) is 59.4 Å². The van der Waals surface area contributed by atoms with Crippen LogP contribution in [0.5, 0.6) is 0 Å². The van der Waals surface area contributed by atoms with E-state index in [0.717, 1.165) is 24.3 Å². The molecule has 1 aliphatic rings.